The van der Waals surface area contributed by atoms with Crippen LogP contribution in [0.4, 0.5) is 0 Å². The monoisotopic (exact) mass is 389 g/mol. The van der Waals surface area contributed by atoms with Crippen LogP contribution in [0.2, 0.25) is 0 Å². The van der Waals surface area contributed by atoms with Crippen LogP contribution >= 0.6 is 24.8 Å². The lowest BCUT2D eigenvalue weighted by atomic mass is 9.95. The second-order valence-electron chi connectivity index (χ2n) is 7.02. The van der Waals surface area contributed by atoms with E-state index in [1.165, 1.54) is 5.56 Å². The molecule has 1 fully saturated rings. The molecule has 0 aliphatic carbocycles. The Bertz CT molecular complexity index is 477. The molecule has 0 bridgehead atoms. The molecule has 1 aromatic rings. The fourth-order valence-electron chi connectivity index (χ4n) is 3.27. The normalized spacial score (nSPS) is 16.1. The average molecular weight is 390 g/mol. The summed E-state index contributed by atoms with van der Waals surface area (Å²) in [4.78, 5) is 16.6. The summed E-state index contributed by atoms with van der Waals surface area (Å²) in [7, 11) is 2.19. The van der Waals surface area contributed by atoms with E-state index in [0.29, 0.717) is 12.3 Å². The second-order valence-corrected chi connectivity index (χ2v) is 7.02. The van der Waals surface area contributed by atoms with Gasteiger partial charge in [-0.25, -0.2) is 0 Å². The predicted octanol–water partition coefficient (Wildman–Crippen LogP) is 3.33. The number of likely N-dealkylation sites (tertiary alicyclic amines) is 1. The molecule has 1 heterocycles. The molecule has 0 spiro atoms. The number of piperidine rings is 1. The van der Waals surface area contributed by atoms with Gasteiger partial charge >= 0.3 is 0 Å². The maximum absolute atomic E-state index is 12.1. The molecule has 25 heavy (non-hydrogen) atoms. The van der Waals surface area contributed by atoms with Gasteiger partial charge in [-0.05, 0) is 44.7 Å². The van der Waals surface area contributed by atoms with Gasteiger partial charge in [0.15, 0.2) is 0 Å². The maximum Gasteiger partial charge on any atom is 0.222 e. The first-order valence-corrected chi connectivity index (χ1v) is 8.80. The van der Waals surface area contributed by atoms with E-state index < -0.39 is 0 Å². The molecule has 1 atom stereocenters. The van der Waals surface area contributed by atoms with Crippen molar-refractivity contribution in [1.82, 2.24) is 9.80 Å². The van der Waals surface area contributed by atoms with Crippen molar-refractivity contribution < 1.29 is 4.79 Å². The predicted molar refractivity (Wildman–Crippen MR) is 109 cm³/mol. The van der Waals surface area contributed by atoms with Crippen molar-refractivity contribution in [3.05, 3.63) is 35.9 Å². The molecule has 4 nitrogen and oxygen atoms in total. The van der Waals surface area contributed by atoms with E-state index in [1.54, 1.807) is 0 Å². The third-order valence-electron chi connectivity index (χ3n) is 4.65. The van der Waals surface area contributed by atoms with Gasteiger partial charge in [-0.15, -0.1) is 24.8 Å². The summed E-state index contributed by atoms with van der Waals surface area (Å²) in [6.07, 6.45) is 3.61. The Labute approximate surface area is 164 Å². The van der Waals surface area contributed by atoms with E-state index in [-0.39, 0.29) is 36.8 Å². The van der Waals surface area contributed by atoms with Gasteiger partial charge in [-0.3, -0.25) is 4.79 Å². The van der Waals surface area contributed by atoms with Gasteiger partial charge in [0.05, 0.1) is 0 Å². The van der Waals surface area contributed by atoms with Gasteiger partial charge in [-0.2, -0.15) is 0 Å². The van der Waals surface area contributed by atoms with Gasteiger partial charge in [0.1, 0.15) is 0 Å². The zero-order valence-corrected chi connectivity index (χ0v) is 17.0. The lowest BCUT2D eigenvalue weighted by Crippen LogP contribution is -2.41. The SMILES string of the molecule is CC(N)CCC(=O)N1CCC(CN(C)Cc2ccccc2)CC1.Cl.Cl. The van der Waals surface area contributed by atoms with Crippen LogP contribution in [-0.2, 0) is 11.3 Å². The Morgan fingerprint density at radius 1 is 1.24 bits per heavy atom. The average Bonchev–Trinajstić information content (AvgIpc) is 2.54. The number of halogens is 2. The quantitative estimate of drug-likeness (QED) is 0.777. The highest BCUT2D eigenvalue weighted by Gasteiger charge is 2.23. The lowest BCUT2D eigenvalue weighted by Gasteiger charge is -2.34. The Balaban J connectivity index is 0.00000288. The molecule has 1 aliphatic heterocycles. The molecule has 1 aliphatic rings. The summed E-state index contributed by atoms with van der Waals surface area (Å²) in [6.45, 7) is 5.87. The number of nitrogens with two attached hydrogens (primary N) is 1. The number of carbonyl (C=O) groups is 1. The first-order chi connectivity index (χ1) is 11.0. The fraction of sp³-hybridized carbons (Fsp3) is 0.632. The third-order valence-corrected chi connectivity index (χ3v) is 4.65. The van der Waals surface area contributed by atoms with Crippen molar-refractivity contribution in [2.75, 3.05) is 26.7 Å². The Kier molecular flexibility index (Phi) is 12.1. The van der Waals surface area contributed by atoms with Crippen molar-refractivity contribution >= 4 is 30.7 Å². The van der Waals surface area contributed by atoms with E-state index in [1.807, 2.05) is 11.8 Å². The van der Waals surface area contributed by atoms with Gasteiger partial charge in [-0.1, -0.05) is 30.3 Å². The van der Waals surface area contributed by atoms with Crippen molar-refractivity contribution in [2.45, 2.75) is 45.2 Å². The zero-order chi connectivity index (χ0) is 16.7. The summed E-state index contributed by atoms with van der Waals surface area (Å²) in [5.41, 5.74) is 7.09. The van der Waals surface area contributed by atoms with Crippen molar-refractivity contribution in [2.24, 2.45) is 11.7 Å². The molecular weight excluding hydrogens is 357 g/mol. The van der Waals surface area contributed by atoms with E-state index >= 15 is 0 Å². The fourth-order valence-corrected chi connectivity index (χ4v) is 3.27. The molecule has 1 unspecified atom stereocenters. The van der Waals surface area contributed by atoms with Crippen LogP contribution in [0.5, 0.6) is 0 Å². The summed E-state index contributed by atoms with van der Waals surface area (Å²) in [5.74, 6) is 0.972. The molecule has 6 heteroatoms. The molecule has 0 saturated carbocycles. The Morgan fingerprint density at radius 3 is 2.40 bits per heavy atom. The van der Waals surface area contributed by atoms with Crippen molar-refractivity contribution in [1.29, 1.82) is 0 Å². The minimum absolute atomic E-state index is 0. The molecule has 2 N–H and O–H groups in total. The Hall–Kier alpha value is -0.810. The van der Waals surface area contributed by atoms with Crippen LogP contribution in [0.3, 0.4) is 0 Å². The van der Waals surface area contributed by atoms with Gasteiger partial charge in [0.2, 0.25) is 5.91 Å². The minimum Gasteiger partial charge on any atom is -0.343 e. The largest absolute Gasteiger partial charge is 0.343 e. The number of carbonyl (C=O) groups excluding carboxylic acids is 1. The van der Waals surface area contributed by atoms with Crippen LogP contribution < -0.4 is 5.73 Å². The van der Waals surface area contributed by atoms with Crippen LogP contribution in [-0.4, -0.2) is 48.4 Å². The van der Waals surface area contributed by atoms with Gasteiger partial charge in [0, 0.05) is 38.6 Å². The van der Waals surface area contributed by atoms with E-state index in [9.17, 15) is 4.79 Å². The summed E-state index contributed by atoms with van der Waals surface area (Å²) < 4.78 is 0. The summed E-state index contributed by atoms with van der Waals surface area (Å²) in [6, 6.07) is 10.7. The molecule has 2 rings (SSSR count). The molecule has 0 radical (unpaired) electrons. The Morgan fingerprint density at radius 2 is 1.84 bits per heavy atom. The summed E-state index contributed by atoms with van der Waals surface area (Å²) >= 11 is 0. The van der Waals surface area contributed by atoms with Gasteiger partial charge < -0.3 is 15.5 Å². The van der Waals surface area contributed by atoms with E-state index in [4.69, 9.17) is 5.73 Å². The highest BCUT2D eigenvalue weighted by Crippen LogP contribution is 2.19. The number of rotatable bonds is 7. The highest BCUT2D eigenvalue weighted by atomic mass is 35.5. The van der Waals surface area contributed by atoms with Crippen molar-refractivity contribution in [3.63, 3.8) is 0 Å². The number of hydrogen-bond acceptors (Lipinski definition) is 3. The number of amides is 1. The minimum atomic E-state index is 0. The molecule has 1 saturated heterocycles. The maximum atomic E-state index is 12.1. The third kappa shape index (κ3) is 8.91. The summed E-state index contributed by atoms with van der Waals surface area (Å²) in [5, 5.41) is 0. The second kappa shape index (κ2) is 12.5. The van der Waals surface area contributed by atoms with Crippen LogP contribution in [0, 0.1) is 5.92 Å². The zero-order valence-electron chi connectivity index (χ0n) is 15.4. The first-order valence-electron chi connectivity index (χ1n) is 8.80. The van der Waals surface area contributed by atoms with Crippen LogP contribution in [0.15, 0.2) is 30.3 Å². The number of benzene rings is 1. The highest BCUT2D eigenvalue weighted by molar-refractivity contribution is 5.85. The van der Waals surface area contributed by atoms with E-state index in [2.05, 4.69) is 42.3 Å². The molecule has 1 amide bonds. The number of nitrogens with zero attached hydrogens (tertiary/aromatic N) is 2. The topological polar surface area (TPSA) is 49.6 Å². The van der Waals surface area contributed by atoms with Crippen LogP contribution in [0.25, 0.3) is 0 Å². The van der Waals surface area contributed by atoms with Crippen molar-refractivity contribution in [3.8, 4) is 0 Å². The smallest absolute Gasteiger partial charge is 0.222 e. The molecule has 0 aromatic heterocycles. The molecule has 1 aromatic carbocycles. The molecular formula is C19H33Cl2N3O. The standard InChI is InChI=1S/C19H31N3O.2ClH/c1-16(20)8-9-19(23)22-12-10-18(11-13-22)15-21(2)14-17-6-4-3-5-7-17;;/h3-7,16,18H,8-15,20H2,1-2H3;2*1H. The molecule has 144 valence electrons. The lowest BCUT2D eigenvalue weighted by molar-refractivity contribution is -0.132. The van der Waals surface area contributed by atoms with Gasteiger partial charge in [0.25, 0.3) is 0 Å². The van der Waals surface area contributed by atoms with E-state index in [0.717, 1.165) is 45.4 Å². The van der Waals surface area contributed by atoms with Crippen LogP contribution in [0.1, 0.15) is 38.2 Å². The first kappa shape index (κ1) is 24.2. The number of hydrogen-bond donors (Lipinski definition) is 1.